The van der Waals surface area contributed by atoms with Crippen molar-refractivity contribution < 1.29 is 14.3 Å². The van der Waals surface area contributed by atoms with Crippen LogP contribution in [0.3, 0.4) is 0 Å². The minimum atomic E-state index is -0.191. The molecule has 0 N–H and O–H groups in total. The van der Waals surface area contributed by atoms with Crippen LogP contribution in [0.1, 0.15) is 53.1 Å². The number of allylic oxidation sites excluding steroid dienone is 2. The average molecular weight is 477 g/mol. The molecule has 0 bridgehead atoms. The van der Waals surface area contributed by atoms with E-state index in [1.807, 2.05) is 60.1 Å². The molecule has 2 aliphatic rings. The van der Waals surface area contributed by atoms with Crippen LogP contribution in [-0.4, -0.2) is 15.6 Å². The monoisotopic (exact) mass is 476 g/mol. The molecule has 4 aromatic rings. The smallest absolute Gasteiger partial charge is 0.222 e. The SMILES string of the molecule is Cc1nn(Cc2ccccc2)c2c1[C@@H](c1ccc(OCc3ccccc3)cc1)C1=C(CCCC1=O)O2. The van der Waals surface area contributed by atoms with Crippen LogP contribution < -0.4 is 9.47 Å². The lowest BCUT2D eigenvalue weighted by Crippen LogP contribution is -2.26. The van der Waals surface area contributed by atoms with E-state index in [1.165, 1.54) is 0 Å². The number of hydrogen-bond donors (Lipinski definition) is 0. The molecule has 0 saturated heterocycles. The lowest BCUT2D eigenvalue weighted by Gasteiger charge is -2.31. The molecular weight excluding hydrogens is 448 g/mol. The van der Waals surface area contributed by atoms with Crippen LogP contribution in [-0.2, 0) is 17.9 Å². The second-order valence-corrected chi connectivity index (χ2v) is 9.44. The van der Waals surface area contributed by atoms with Crippen molar-refractivity contribution >= 4 is 5.78 Å². The molecule has 1 aliphatic carbocycles. The number of aromatic nitrogens is 2. The third-order valence-electron chi connectivity index (χ3n) is 6.97. The van der Waals surface area contributed by atoms with E-state index in [9.17, 15) is 4.79 Å². The van der Waals surface area contributed by atoms with Gasteiger partial charge in [0.2, 0.25) is 5.88 Å². The van der Waals surface area contributed by atoms with Gasteiger partial charge in [-0.3, -0.25) is 4.79 Å². The van der Waals surface area contributed by atoms with Crippen molar-refractivity contribution in [3.63, 3.8) is 0 Å². The summed E-state index contributed by atoms with van der Waals surface area (Å²) in [5.41, 5.74) is 5.99. The van der Waals surface area contributed by atoms with Crippen LogP contribution in [0, 0.1) is 6.92 Å². The van der Waals surface area contributed by atoms with Gasteiger partial charge in [-0.2, -0.15) is 5.10 Å². The summed E-state index contributed by atoms with van der Waals surface area (Å²) in [4.78, 5) is 13.2. The highest BCUT2D eigenvalue weighted by molar-refractivity contribution is 5.99. The Morgan fingerprint density at radius 2 is 1.61 bits per heavy atom. The summed E-state index contributed by atoms with van der Waals surface area (Å²) in [6.07, 6.45) is 2.14. The number of carbonyl (C=O) groups excluding carboxylic acids is 1. The second-order valence-electron chi connectivity index (χ2n) is 9.44. The highest BCUT2D eigenvalue weighted by Crippen LogP contribution is 2.48. The summed E-state index contributed by atoms with van der Waals surface area (Å²) in [6, 6.07) is 28.5. The van der Waals surface area contributed by atoms with Gasteiger partial charge in [-0.1, -0.05) is 72.8 Å². The van der Waals surface area contributed by atoms with Crippen LogP contribution in [0.2, 0.25) is 0 Å². The second kappa shape index (κ2) is 9.50. The van der Waals surface area contributed by atoms with Crippen molar-refractivity contribution in [2.45, 2.75) is 45.3 Å². The molecule has 2 heterocycles. The fourth-order valence-corrected chi connectivity index (χ4v) is 5.23. The van der Waals surface area contributed by atoms with Gasteiger partial charge >= 0.3 is 0 Å². The maximum absolute atomic E-state index is 13.2. The number of rotatable bonds is 6. The van der Waals surface area contributed by atoms with Crippen LogP contribution in [0.4, 0.5) is 0 Å². The number of ether oxygens (including phenoxy) is 2. The fraction of sp³-hybridized carbons (Fsp3) is 0.226. The third kappa shape index (κ3) is 4.22. The molecule has 0 radical (unpaired) electrons. The Bertz CT molecular complexity index is 1420. The summed E-state index contributed by atoms with van der Waals surface area (Å²) >= 11 is 0. The first-order valence-corrected chi connectivity index (χ1v) is 12.5. The topological polar surface area (TPSA) is 53.4 Å². The Balaban J connectivity index is 1.35. The van der Waals surface area contributed by atoms with Gasteiger partial charge in [-0.05, 0) is 42.2 Å². The largest absolute Gasteiger partial charge is 0.489 e. The molecular formula is C31H28N2O3. The normalized spacial score (nSPS) is 16.8. The van der Waals surface area contributed by atoms with Crippen molar-refractivity contribution in [1.82, 2.24) is 9.78 Å². The van der Waals surface area contributed by atoms with Gasteiger partial charge in [-0.15, -0.1) is 0 Å². The lowest BCUT2D eigenvalue weighted by molar-refractivity contribution is -0.116. The van der Waals surface area contributed by atoms with E-state index in [0.29, 0.717) is 19.6 Å². The Kier molecular flexibility index (Phi) is 5.90. The van der Waals surface area contributed by atoms with E-state index in [1.54, 1.807) is 0 Å². The summed E-state index contributed by atoms with van der Waals surface area (Å²) in [5.74, 6) is 2.33. The van der Waals surface area contributed by atoms with Crippen LogP contribution in [0.15, 0.2) is 96.3 Å². The van der Waals surface area contributed by atoms with Crippen molar-refractivity contribution in [3.8, 4) is 11.6 Å². The maximum atomic E-state index is 13.2. The van der Waals surface area contributed by atoms with Gasteiger partial charge in [0.1, 0.15) is 18.1 Å². The third-order valence-corrected chi connectivity index (χ3v) is 6.97. The number of aryl methyl sites for hydroxylation is 1. The molecule has 0 unspecified atom stereocenters. The summed E-state index contributed by atoms with van der Waals surface area (Å²) in [6.45, 7) is 3.14. The molecule has 0 saturated carbocycles. The number of hydrogen-bond acceptors (Lipinski definition) is 4. The van der Waals surface area contributed by atoms with Crippen LogP contribution in [0.5, 0.6) is 11.6 Å². The van der Waals surface area contributed by atoms with Crippen molar-refractivity contribution in [2.75, 3.05) is 0 Å². The standard InChI is InChI=1S/C31H28N2O3/c1-21-28-29(24-15-17-25(18-16-24)35-20-23-11-6-3-7-12-23)30-26(34)13-8-14-27(30)36-31(28)33(32-21)19-22-9-4-2-5-10-22/h2-7,9-12,15-18,29H,8,13-14,19-20H2,1H3/t29-/m1/s1. The molecule has 5 heteroatoms. The summed E-state index contributed by atoms with van der Waals surface area (Å²) in [5, 5.41) is 4.86. The van der Waals surface area contributed by atoms with Gasteiger partial charge in [0.05, 0.1) is 12.2 Å². The van der Waals surface area contributed by atoms with Crippen molar-refractivity contribution in [3.05, 3.63) is 124 Å². The first-order valence-electron chi connectivity index (χ1n) is 12.5. The van der Waals surface area contributed by atoms with Gasteiger partial charge in [0.15, 0.2) is 5.78 Å². The molecule has 1 atom stereocenters. The highest BCUT2D eigenvalue weighted by Gasteiger charge is 2.40. The molecule has 0 amide bonds. The molecule has 36 heavy (non-hydrogen) atoms. The molecule has 0 spiro atoms. The minimum Gasteiger partial charge on any atom is -0.489 e. The number of benzene rings is 3. The number of carbonyl (C=O) groups is 1. The van der Waals surface area contributed by atoms with E-state index in [0.717, 1.165) is 63.8 Å². The highest BCUT2D eigenvalue weighted by atomic mass is 16.5. The molecule has 6 rings (SSSR count). The summed E-state index contributed by atoms with van der Waals surface area (Å²) < 4.78 is 14.4. The Morgan fingerprint density at radius 1 is 0.917 bits per heavy atom. The molecule has 180 valence electrons. The van der Waals surface area contributed by atoms with E-state index < -0.39 is 0 Å². The zero-order valence-corrected chi connectivity index (χ0v) is 20.3. The van der Waals surface area contributed by atoms with Gasteiger partial charge < -0.3 is 9.47 Å². The number of ketones is 1. The van der Waals surface area contributed by atoms with Gasteiger partial charge in [0.25, 0.3) is 0 Å². The molecule has 5 nitrogen and oxygen atoms in total. The van der Waals surface area contributed by atoms with E-state index in [4.69, 9.17) is 14.6 Å². The molecule has 1 aromatic heterocycles. The number of fused-ring (bicyclic) bond motifs is 1. The van der Waals surface area contributed by atoms with E-state index in [2.05, 4.69) is 36.4 Å². The van der Waals surface area contributed by atoms with E-state index >= 15 is 0 Å². The predicted octanol–water partition coefficient (Wildman–Crippen LogP) is 6.35. The zero-order chi connectivity index (χ0) is 24.5. The Labute approximate surface area is 211 Å². The first-order chi connectivity index (χ1) is 17.7. The van der Waals surface area contributed by atoms with Gasteiger partial charge in [0, 0.05) is 29.9 Å². The Hall–Kier alpha value is -4.12. The number of nitrogens with zero attached hydrogens (tertiary/aromatic N) is 2. The number of Topliss-reactive ketones (excluding diaryl/α,β-unsaturated/α-hetero) is 1. The maximum Gasteiger partial charge on any atom is 0.222 e. The molecule has 0 fully saturated rings. The summed E-state index contributed by atoms with van der Waals surface area (Å²) in [7, 11) is 0. The zero-order valence-electron chi connectivity index (χ0n) is 20.3. The molecule has 1 aliphatic heterocycles. The van der Waals surface area contributed by atoms with E-state index in [-0.39, 0.29) is 11.7 Å². The first kappa shape index (κ1) is 22.4. The quantitative estimate of drug-likeness (QED) is 0.325. The fourth-order valence-electron chi connectivity index (χ4n) is 5.23. The minimum absolute atomic E-state index is 0.173. The lowest BCUT2D eigenvalue weighted by atomic mass is 9.77. The predicted molar refractivity (Wildman–Crippen MR) is 138 cm³/mol. The Morgan fingerprint density at radius 3 is 2.33 bits per heavy atom. The van der Waals surface area contributed by atoms with Crippen LogP contribution >= 0.6 is 0 Å². The van der Waals surface area contributed by atoms with Crippen LogP contribution in [0.25, 0.3) is 0 Å². The van der Waals surface area contributed by atoms with Gasteiger partial charge in [-0.25, -0.2) is 4.68 Å². The molecule has 3 aromatic carbocycles. The average Bonchev–Trinajstić information content (AvgIpc) is 3.22. The van der Waals surface area contributed by atoms with Crippen molar-refractivity contribution in [1.29, 1.82) is 0 Å². The van der Waals surface area contributed by atoms with Crippen molar-refractivity contribution in [2.24, 2.45) is 0 Å².